The second-order valence-electron chi connectivity index (χ2n) is 2.63. The first-order valence-electron chi connectivity index (χ1n) is 4.22. The van der Waals surface area contributed by atoms with Gasteiger partial charge in [-0.1, -0.05) is 33.3 Å². The molecular formula is C9H19N. The van der Waals surface area contributed by atoms with E-state index in [4.69, 9.17) is 0 Å². The number of allylic oxidation sites excluding steroid dienone is 1. The summed E-state index contributed by atoms with van der Waals surface area (Å²) in [7, 11) is 0. The molecule has 1 N–H and O–H groups in total. The molecule has 0 unspecified atom stereocenters. The third-order valence-electron chi connectivity index (χ3n) is 1.46. The molecule has 60 valence electrons. The summed E-state index contributed by atoms with van der Waals surface area (Å²) in [6.45, 7) is 9.37. The summed E-state index contributed by atoms with van der Waals surface area (Å²) in [4.78, 5) is 0. The van der Waals surface area contributed by atoms with Crippen molar-refractivity contribution in [2.75, 3.05) is 6.54 Å². The molecule has 0 aromatic heterocycles. The van der Waals surface area contributed by atoms with Crippen molar-refractivity contribution in [3.63, 3.8) is 0 Å². The molecule has 0 aliphatic heterocycles. The zero-order valence-electron chi connectivity index (χ0n) is 7.24. The van der Waals surface area contributed by atoms with Crippen LogP contribution in [-0.4, -0.2) is 6.54 Å². The molecule has 0 saturated heterocycles. The molecule has 0 radical (unpaired) electrons. The smallest absolute Gasteiger partial charge is 0.0143 e. The van der Waals surface area contributed by atoms with Crippen molar-refractivity contribution in [1.82, 2.24) is 5.32 Å². The quantitative estimate of drug-likeness (QED) is 0.561. The third-order valence-corrected chi connectivity index (χ3v) is 1.46. The maximum Gasteiger partial charge on any atom is 0.0143 e. The molecule has 1 heteroatoms. The van der Waals surface area contributed by atoms with E-state index >= 15 is 0 Å². The van der Waals surface area contributed by atoms with Gasteiger partial charge in [-0.3, -0.25) is 0 Å². The van der Waals surface area contributed by atoms with Crippen molar-refractivity contribution in [2.24, 2.45) is 0 Å². The van der Waals surface area contributed by atoms with Crippen LogP contribution in [0.2, 0.25) is 0 Å². The van der Waals surface area contributed by atoms with Gasteiger partial charge >= 0.3 is 0 Å². The van der Waals surface area contributed by atoms with Crippen LogP contribution < -0.4 is 5.32 Å². The van der Waals surface area contributed by atoms with Crippen molar-refractivity contribution < 1.29 is 0 Å². The molecule has 0 heterocycles. The summed E-state index contributed by atoms with van der Waals surface area (Å²) in [6.07, 6.45) is 4.82. The van der Waals surface area contributed by atoms with Crippen LogP contribution in [-0.2, 0) is 0 Å². The highest BCUT2D eigenvalue weighted by atomic mass is 14.9. The lowest BCUT2D eigenvalue weighted by Crippen LogP contribution is -2.13. The Morgan fingerprint density at radius 1 is 1.30 bits per heavy atom. The van der Waals surface area contributed by atoms with Crippen LogP contribution >= 0.6 is 0 Å². The zero-order valence-corrected chi connectivity index (χ0v) is 7.24. The molecule has 0 spiro atoms. The van der Waals surface area contributed by atoms with Gasteiger partial charge in [0.2, 0.25) is 0 Å². The highest BCUT2D eigenvalue weighted by Crippen LogP contribution is 1.96. The lowest BCUT2D eigenvalue weighted by Gasteiger charge is -2.06. The Balaban J connectivity index is 3.05. The Morgan fingerprint density at radius 2 is 2.00 bits per heavy atom. The topological polar surface area (TPSA) is 12.0 Å². The summed E-state index contributed by atoms with van der Waals surface area (Å²) in [5.74, 6) is 0. The van der Waals surface area contributed by atoms with Crippen molar-refractivity contribution in [3.05, 3.63) is 12.3 Å². The average molecular weight is 141 g/mol. The molecule has 1 nitrogen and oxygen atoms in total. The normalized spacial score (nSPS) is 9.40. The van der Waals surface area contributed by atoms with Crippen LogP contribution in [0.1, 0.15) is 39.5 Å². The highest BCUT2D eigenvalue weighted by molar-refractivity contribution is 4.89. The van der Waals surface area contributed by atoms with Gasteiger partial charge in [0.15, 0.2) is 0 Å². The largest absolute Gasteiger partial charge is 0.389 e. The minimum Gasteiger partial charge on any atom is -0.389 e. The van der Waals surface area contributed by atoms with Crippen LogP contribution in [0.5, 0.6) is 0 Å². The molecule has 0 bridgehead atoms. The lowest BCUT2D eigenvalue weighted by atomic mass is 10.2. The summed E-state index contributed by atoms with van der Waals surface area (Å²) in [5, 5.41) is 3.29. The summed E-state index contributed by atoms with van der Waals surface area (Å²) >= 11 is 0. The second kappa shape index (κ2) is 6.66. The van der Waals surface area contributed by atoms with Crippen LogP contribution in [0.4, 0.5) is 0 Å². The van der Waals surface area contributed by atoms with Crippen LogP contribution in [0.3, 0.4) is 0 Å². The Labute approximate surface area is 64.5 Å². The van der Waals surface area contributed by atoms with E-state index in [2.05, 4.69) is 25.7 Å². The minimum absolute atomic E-state index is 1.09. The van der Waals surface area contributed by atoms with Gasteiger partial charge in [-0.15, -0.1) is 0 Å². The van der Waals surface area contributed by atoms with Crippen LogP contribution in [0, 0.1) is 0 Å². The lowest BCUT2D eigenvalue weighted by molar-refractivity contribution is 0.681. The molecule has 10 heavy (non-hydrogen) atoms. The van der Waals surface area contributed by atoms with E-state index in [0.29, 0.717) is 0 Å². The van der Waals surface area contributed by atoms with E-state index in [1.807, 2.05) is 0 Å². The second-order valence-corrected chi connectivity index (χ2v) is 2.63. The Morgan fingerprint density at radius 3 is 2.50 bits per heavy atom. The average Bonchev–Trinajstić information content (AvgIpc) is 1.89. The molecule has 0 aliphatic rings. The molecule has 0 aromatic rings. The number of hydrogen-bond donors (Lipinski definition) is 1. The van der Waals surface area contributed by atoms with E-state index in [-0.39, 0.29) is 0 Å². The Bertz CT molecular complexity index is 86.7. The van der Waals surface area contributed by atoms with Gasteiger partial charge in [-0.05, 0) is 12.8 Å². The van der Waals surface area contributed by atoms with Gasteiger partial charge in [0, 0.05) is 12.2 Å². The van der Waals surface area contributed by atoms with E-state index in [0.717, 1.165) is 13.0 Å². The van der Waals surface area contributed by atoms with Crippen molar-refractivity contribution >= 4 is 0 Å². The van der Waals surface area contributed by atoms with E-state index in [1.54, 1.807) is 0 Å². The number of unbranched alkanes of at least 4 members (excludes halogenated alkanes) is 1. The fourth-order valence-corrected chi connectivity index (χ4v) is 0.832. The standard InChI is InChI=1S/C9H19N/c1-4-6-8-10-9(3)7-5-2/h10H,3-8H2,1-2H3. The van der Waals surface area contributed by atoms with Gasteiger partial charge in [-0.2, -0.15) is 0 Å². The first-order chi connectivity index (χ1) is 4.81. The molecule has 0 rings (SSSR count). The Hall–Kier alpha value is -0.460. The SMILES string of the molecule is C=C(CCC)NCCCC. The molecule has 0 aliphatic carbocycles. The molecule has 0 amide bonds. The predicted molar refractivity (Wildman–Crippen MR) is 47.0 cm³/mol. The molecular weight excluding hydrogens is 122 g/mol. The van der Waals surface area contributed by atoms with Crippen LogP contribution in [0.15, 0.2) is 12.3 Å². The van der Waals surface area contributed by atoms with Crippen molar-refractivity contribution in [3.8, 4) is 0 Å². The van der Waals surface area contributed by atoms with Gasteiger partial charge in [0.1, 0.15) is 0 Å². The van der Waals surface area contributed by atoms with Crippen molar-refractivity contribution in [1.29, 1.82) is 0 Å². The molecule has 0 aromatic carbocycles. The van der Waals surface area contributed by atoms with Crippen LogP contribution in [0.25, 0.3) is 0 Å². The highest BCUT2D eigenvalue weighted by Gasteiger charge is 1.88. The van der Waals surface area contributed by atoms with Gasteiger partial charge in [0.05, 0.1) is 0 Å². The number of rotatable bonds is 6. The van der Waals surface area contributed by atoms with E-state index < -0.39 is 0 Å². The first-order valence-corrected chi connectivity index (χ1v) is 4.22. The number of hydrogen-bond acceptors (Lipinski definition) is 1. The van der Waals surface area contributed by atoms with Gasteiger partial charge in [0.25, 0.3) is 0 Å². The fourth-order valence-electron chi connectivity index (χ4n) is 0.832. The van der Waals surface area contributed by atoms with Gasteiger partial charge < -0.3 is 5.32 Å². The molecule has 0 saturated carbocycles. The predicted octanol–water partition coefficient (Wildman–Crippen LogP) is 2.69. The molecule has 0 atom stereocenters. The monoisotopic (exact) mass is 141 g/mol. The third kappa shape index (κ3) is 5.67. The summed E-state index contributed by atoms with van der Waals surface area (Å²) in [6, 6.07) is 0. The maximum atomic E-state index is 3.91. The van der Waals surface area contributed by atoms with E-state index in [9.17, 15) is 0 Å². The fraction of sp³-hybridized carbons (Fsp3) is 0.778. The van der Waals surface area contributed by atoms with Gasteiger partial charge in [-0.25, -0.2) is 0 Å². The first kappa shape index (κ1) is 9.54. The zero-order chi connectivity index (χ0) is 7.82. The number of nitrogens with one attached hydrogen (secondary N) is 1. The minimum atomic E-state index is 1.09. The van der Waals surface area contributed by atoms with E-state index in [1.165, 1.54) is 25.0 Å². The molecule has 0 fully saturated rings. The van der Waals surface area contributed by atoms with Crippen molar-refractivity contribution in [2.45, 2.75) is 39.5 Å². The summed E-state index contributed by atoms with van der Waals surface area (Å²) in [5.41, 5.74) is 1.19. The Kier molecular flexibility index (Phi) is 6.35. The summed E-state index contributed by atoms with van der Waals surface area (Å²) < 4.78 is 0. The maximum absolute atomic E-state index is 3.91.